The highest BCUT2D eigenvalue weighted by Gasteiger charge is 2.19. The molecule has 1 aromatic carbocycles. The zero-order valence-electron chi connectivity index (χ0n) is 14.6. The molecular formula is C19H22N2O3S. The molecule has 1 aromatic heterocycles. The topological polar surface area (TPSA) is 52.8 Å². The van der Waals surface area contributed by atoms with Gasteiger partial charge < -0.3 is 14.0 Å². The summed E-state index contributed by atoms with van der Waals surface area (Å²) in [6, 6.07) is 3.69. The molecule has 25 heavy (non-hydrogen) atoms. The summed E-state index contributed by atoms with van der Waals surface area (Å²) in [4.78, 5) is 17.4. The Morgan fingerprint density at radius 3 is 2.64 bits per heavy atom. The van der Waals surface area contributed by atoms with Crippen molar-refractivity contribution in [2.24, 2.45) is 10.9 Å². The van der Waals surface area contributed by atoms with E-state index < -0.39 is 0 Å². The quantitative estimate of drug-likeness (QED) is 0.770. The van der Waals surface area contributed by atoms with Crippen molar-refractivity contribution in [1.82, 2.24) is 4.57 Å². The van der Waals surface area contributed by atoms with E-state index in [1.807, 2.05) is 16.7 Å². The summed E-state index contributed by atoms with van der Waals surface area (Å²) < 4.78 is 13.7. The van der Waals surface area contributed by atoms with Crippen molar-refractivity contribution < 1.29 is 14.3 Å². The van der Waals surface area contributed by atoms with Crippen molar-refractivity contribution in [3.63, 3.8) is 0 Å². The number of hydrogen-bond donors (Lipinski definition) is 0. The van der Waals surface area contributed by atoms with E-state index in [1.54, 1.807) is 14.2 Å². The smallest absolute Gasteiger partial charge is 0.248 e. The number of methoxy groups -OCH3 is 2. The number of aromatic nitrogens is 1. The van der Waals surface area contributed by atoms with Crippen LogP contribution in [0.1, 0.15) is 32.1 Å². The SMILES string of the molecule is C#CCn1c(=NC(=O)CC2CCCC2)sc2c(OC)ccc(OC)c21. The fourth-order valence-corrected chi connectivity index (χ4v) is 4.55. The van der Waals surface area contributed by atoms with Gasteiger partial charge in [0.05, 0.1) is 20.8 Å². The molecule has 0 radical (unpaired) electrons. The second kappa shape index (κ2) is 7.75. The number of nitrogens with zero attached hydrogens (tertiary/aromatic N) is 2. The molecule has 0 spiro atoms. The standard InChI is InChI=1S/C19H22N2O3S/c1-4-11-21-17-14(23-2)9-10-15(24-3)18(17)25-19(21)20-16(22)12-13-7-5-6-8-13/h1,9-10,13H,5-8,11-12H2,2-3H3. The van der Waals surface area contributed by atoms with Crippen molar-refractivity contribution in [3.05, 3.63) is 16.9 Å². The highest BCUT2D eigenvalue weighted by Crippen LogP contribution is 2.35. The molecule has 1 heterocycles. The Balaban J connectivity index is 2.10. The maximum Gasteiger partial charge on any atom is 0.248 e. The van der Waals surface area contributed by atoms with Gasteiger partial charge in [0, 0.05) is 6.42 Å². The number of carbonyl (C=O) groups excluding carboxylic acids is 1. The van der Waals surface area contributed by atoms with Crippen molar-refractivity contribution in [2.75, 3.05) is 14.2 Å². The van der Waals surface area contributed by atoms with E-state index in [4.69, 9.17) is 15.9 Å². The van der Waals surface area contributed by atoms with E-state index >= 15 is 0 Å². The Hall–Kier alpha value is -2.26. The number of fused-ring (bicyclic) bond motifs is 1. The average Bonchev–Trinajstić information content (AvgIpc) is 3.23. The molecule has 0 N–H and O–H groups in total. The number of carbonyl (C=O) groups is 1. The lowest BCUT2D eigenvalue weighted by Gasteiger charge is -2.08. The maximum absolute atomic E-state index is 12.4. The summed E-state index contributed by atoms with van der Waals surface area (Å²) in [6.07, 6.45) is 10.7. The van der Waals surface area contributed by atoms with Gasteiger partial charge in [-0.1, -0.05) is 30.1 Å². The molecule has 0 unspecified atom stereocenters. The van der Waals surface area contributed by atoms with Crippen LogP contribution in [-0.2, 0) is 11.3 Å². The van der Waals surface area contributed by atoms with Crippen LogP contribution in [0.2, 0.25) is 0 Å². The third-order valence-corrected chi connectivity index (χ3v) is 5.69. The van der Waals surface area contributed by atoms with Crippen LogP contribution < -0.4 is 14.3 Å². The summed E-state index contributed by atoms with van der Waals surface area (Å²) in [5, 5.41) is 0. The van der Waals surface area contributed by atoms with Crippen LogP contribution in [0.4, 0.5) is 0 Å². The maximum atomic E-state index is 12.4. The minimum absolute atomic E-state index is 0.0813. The second-order valence-corrected chi connectivity index (χ2v) is 7.16. The van der Waals surface area contributed by atoms with Gasteiger partial charge in [0.1, 0.15) is 21.7 Å². The largest absolute Gasteiger partial charge is 0.495 e. The van der Waals surface area contributed by atoms with Gasteiger partial charge in [0.15, 0.2) is 4.80 Å². The first-order chi connectivity index (χ1) is 12.2. The van der Waals surface area contributed by atoms with Gasteiger partial charge in [-0.3, -0.25) is 4.79 Å². The highest BCUT2D eigenvalue weighted by molar-refractivity contribution is 7.16. The van der Waals surface area contributed by atoms with Crippen molar-refractivity contribution >= 4 is 27.5 Å². The van der Waals surface area contributed by atoms with Crippen molar-refractivity contribution in [2.45, 2.75) is 38.6 Å². The van der Waals surface area contributed by atoms with E-state index in [0.29, 0.717) is 29.4 Å². The number of ether oxygens (including phenoxy) is 2. The summed E-state index contributed by atoms with van der Waals surface area (Å²) in [5.74, 6) is 4.43. The Bertz CT molecular complexity index is 882. The van der Waals surface area contributed by atoms with Crippen LogP contribution in [0.15, 0.2) is 17.1 Å². The monoisotopic (exact) mass is 358 g/mol. The van der Waals surface area contributed by atoms with E-state index in [-0.39, 0.29) is 5.91 Å². The highest BCUT2D eigenvalue weighted by atomic mass is 32.1. The second-order valence-electron chi connectivity index (χ2n) is 6.18. The van der Waals surface area contributed by atoms with Crippen LogP contribution in [-0.4, -0.2) is 24.7 Å². The molecule has 6 heteroatoms. The van der Waals surface area contributed by atoms with Crippen LogP contribution in [0.5, 0.6) is 11.5 Å². The molecule has 2 aromatic rings. The first-order valence-corrected chi connectivity index (χ1v) is 9.25. The van der Waals surface area contributed by atoms with Crippen molar-refractivity contribution in [3.8, 4) is 23.8 Å². The number of benzene rings is 1. The third-order valence-electron chi connectivity index (χ3n) is 4.60. The molecule has 0 bridgehead atoms. The predicted molar refractivity (Wildman–Crippen MR) is 98.9 cm³/mol. The molecule has 132 valence electrons. The van der Waals surface area contributed by atoms with Gasteiger partial charge >= 0.3 is 0 Å². The van der Waals surface area contributed by atoms with E-state index in [2.05, 4.69) is 10.9 Å². The van der Waals surface area contributed by atoms with Crippen molar-refractivity contribution in [1.29, 1.82) is 0 Å². The average molecular weight is 358 g/mol. The van der Waals surface area contributed by atoms with E-state index in [9.17, 15) is 4.79 Å². The zero-order chi connectivity index (χ0) is 17.8. The number of amides is 1. The zero-order valence-corrected chi connectivity index (χ0v) is 15.4. The summed E-state index contributed by atoms with van der Waals surface area (Å²) >= 11 is 1.41. The van der Waals surface area contributed by atoms with Gasteiger partial charge in [0.25, 0.3) is 0 Å². The fraction of sp³-hybridized carbons (Fsp3) is 0.474. The Kier molecular flexibility index (Phi) is 5.44. The Labute approximate surface area is 151 Å². The summed E-state index contributed by atoms with van der Waals surface area (Å²) in [5.41, 5.74) is 0.817. The first-order valence-electron chi connectivity index (χ1n) is 8.43. The lowest BCUT2D eigenvalue weighted by molar-refractivity contribution is -0.118. The number of thiazole rings is 1. The number of rotatable bonds is 5. The lowest BCUT2D eigenvalue weighted by Crippen LogP contribution is -2.17. The van der Waals surface area contributed by atoms with Gasteiger partial charge in [-0.2, -0.15) is 4.99 Å². The van der Waals surface area contributed by atoms with Gasteiger partial charge in [0.2, 0.25) is 5.91 Å². The van der Waals surface area contributed by atoms with Gasteiger partial charge in [-0.25, -0.2) is 0 Å². The molecule has 1 amide bonds. The first kappa shape index (κ1) is 17.6. The molecule has 0 aliphatic heterocycles. The van der Waals surface area contributed by atoms with Crippen LogP contribution in [0, 0.1) is 18.3 Å². The molecule has 0 atom stereocenters. The fourth-order valence-electron chi connectivity index (χ4n) is 3.39. The van der Waals surface area contributed by atoms with E-state index in [0.717, 1.165) is 28.8 Å². The van der Waals surface area contributed by atoms with E-state index in [1.165, 1.54) is 24.2 Å². The van der Waals surface area contributed by atoms with Crippen LogP contribution >= 0.6 is 11.3 Å². The normalized spacial score (nSPS) is 15.5. The summed E-state index contributed by atoms with van der Waals surface area (Å²) in [6.45, 7) is 0.319. The molecule has 1 saturated carbocycles. The van der Waals surface area contributed by atoms with Gasteiger partial charge in [-0.05, 0) is 30.9 Å². The molecule has 1 aliphatic carbocycles. The molecule has 1 fully saturated rings. The predicted octanol–water partition coefficient (Wildman–Crippen LogP) is 3.36. The van der Waals surface area contributed by atoms with Crippen LogP contribution in [0.3, 0.4) is 0 Å². The lowest BCUT2D eigenvalue weighted by atomic mass is 10.0. The molecule has 0 saturated heterocycles. The molecule has 1 aliphatic rings. The Morgan fingerprint density at radius 1 is 1.32 bits per heavy atom. The molecule has 3 rings (SSSR count). The molecular weight excluding hydrogens is 336 g/mol. The van der Waals surface area contributed by atoms with Gasteiger partial charge in [-0.15, -0.1) is 6.42 Å². The third kappa shape index (κ3) is 3.57. The minimum atomic E-state index is -0.0813. The molecule has 5 nitrogen and oxygen atoms in total. The summed E-state index contributed by atoms with van der Waals surface area (Å²) in [7, 11) is 3.23. The minimum Gasteiger partial charge on any atom is -0.495 e. The number of hydrogen-bond acceptors (Lipinski definition) is 4. The number of terminal acetylenes is 1. The van der Waals surface area contributed by atoms with Crippen LogP contribution in [0.25, 0.3) is 10.2 Å². The Morgan fingerprint density at radius 2 is 2.00 bits per heavy atom.